The molecule has 3 aromatic rings. The lowest BCUT2D eigenvalue weighted by atomic mass is 10.2. The highest BCUT2D eigenvalue weighted by Crippen LogP contribution is 2.47. The molecule has 1 amide bonds. The third-order valence-electron chi connectivity index (χ3n) is 4.44. The Morgan fingerprint density at radius 1 is 1.36 bits per heavy atom. The second-order valence-electron chi connectivity index (χ2n) is 6.42. The number of aryl methyl sites for hydroxylation is 1. The Bertz CT molecular complexity index is 854. The van der Waals surface area contributed by atoms with Gasteiger partial charge in [-0.1, -0.05) is 6.92 Å². The summed E-state index contributed by atoms with van der Waals surface area (Å²) in [6.45, 7) is 2.22. The first-order chi connectivity index (χ1) is 12.2. The average molecular weight is 337 g/mol. The molecule has 25 heavy (non-hydrogen) atoms. The van der Waals surface area contributed by atoms with Crippen LogP contribution in [-0.4, -0.2) is 25.7 Å². The van der Waals surface area contributed by atoms with Crippen molar-refractivity contribution < 1.29 is 9.21 Å². The quantitative estimate of drug-likeness (QED) is 0.747. The van der Waals surface area contributed by atoms with Gasteiger partial charge in [-0.25, -0.2) is 14.6 Å². The molecule has 3 aromatic heterocycles. The molecule has 0 spiro atoms. The molecule has 7 nitrogen and oxygen atoms in total. The predicted octanol–water partition coefficient (Wildman–Crippen LogP) is 2.95. The minimum absolute atomic E-state index is 0.0620. The number of aromatic nitrogens is 4. The Labute approximate surface area is 145 Å². The van der Waals surface area contributed by atoms with Crippen LogP contribution in [0.1, 0.15) is 37.2 Å². The van der Waals surface area contributed by atoms with E-state index < -0.39 is 0 Å². The van der Waals surface area contributed by atoms with Crippen LogP contribution in [0, 0.1) is 5.92 Å². The number of hydrogen-bond donors (Lipinski definition) is 1. The standard InChI is InChI=1S/C18H19N5O2/c1-12-8-15(12)16-5-3-14(25-16)4-7-18(24)22-13-2-6-17(20-9-13)23-11-19-10-21-23/h2-3,5-6,9-12,15H,4,7-8H2,1H3,(H,22,24)/t12-,15+/m0/s1. The predicted molar refractivity (Wildman–Crippen MR) is 91.3 cm³/mol. The molecular weight excluding hydrogens is 318 g/mol. The fourth-order valence-corrected chi connectivity index (χ4v) is 2.83. The summed E-state index contributed by atoms with van der Waals surface area (Å²) in [5, 5.41) is 6.85. The minimum Gasteiger partial charge on any atom is -0.466 e. The van der Waals surface area contributed by atoms with E-state index >= 15 is 0 Å². The fraction of sp³-hybridized carbons (Fsp3) is 0.333. The molecule has 0 bridgehead atoms. The minimum atomic E-state index is -0.0620. The smallest absolute Gasteiger partial charge is 0.224 e. The number of rotatable bonds is 6. The van der Waals surface area contributed by atoms with E-state index in [-0.39, 0.29) is 5.91 Å². The van der Waals surface area contributed by atoms with Crippen LogP contribution < -0.4 is 5.32 Å². The van der Waals surface area contributed by atoms with Crippen LogP contribution in [0.3, 0.4) is 0 Å². The van der Waals surface area contributed by atoms with Crippen molar-refractivity contribution in [2.75, 3.05) is 5.32 Å². The van der Waals surface area contributed by atoms with Crippen molar-refractivity contribution in [3.05, 3.63) is 54.6 Å². The van der Waals surface area contributed by atoms with Crippen LogP contribution in [0.4, 0.5) is 5.69 Å². The number of nitrogens with one attached hydrogen (secondary N) is 1. The van der Waals surface area contributed by atoms with E-state index in [9.17, 15) is 4.79 Å². The van der Waals surface area contributed by atoms with Crippen LogP contribution in [-0.2, 0) is 11.2 Å². The summed E-state index contributed by atoms with van der Waals surface area (Å²) < 4.78 is 7.38. The zero-order valence-electron chi connectivity index (χ0n) is 13.9. The SMILES string of the molecule is C[C@H]1C[C@H]1c1ccc(CCC(=O)Nc2ccc(-n3cncn3)nc2)o1. The topological polar surface area (TPSA) is 85.8 Å². The summed E-state index contributed by atoms with van der Waals surface area (Å²) in [6.07, 6.45) is 6.79. The van der Waals surface area contributed by atoms with E-state index in [1.807, 2.05) is 12.1 Å². The van der Waals surface area contributed by atoms with E-state index in [1.54, 1.807) is 29.3 Å². The highest BCUT2D eigenvalue weighted by molar-refractivity contribution is 5.90. The second-order valence-corrected chi connectivity index (χ2v) is 6.42. The van der Waals surface area contributed by atoms with E-state index in [1.165, 1.54) is 12.7 Å². The van der Waals surface area contributed by atoms with Crippen molar-refractivity contribution in [2.24, 2.45) is 5.92 Å². The van der Waals surface area contributed by atoms with Gasteiger partial charge in [0.15, 0.2) is 5.82 Å². The first-order valence-corrected chi connectivity index (χ1v) is 8.38. The number of carbonyl (C=O) groups is 1. The van der Waals surface area contributed by atoms with Crippen LogP contribution in [0.5, 0.6) is 0 Å². The van der Waals surface area contributed by atoms with Gasteiger partial charge in [0.25, 0.3) is 0 Å². The van der Waals surface area contributed by atoms with Crippen LogP contribution in [0.25, 0.3) is 5.82 Å². The summed E-state index contributed by atoms with van der Waals surface area (Å²) in [5.41, 5.74) is 0.654. The Balaban J connectivity index is 1.29. The zero-order chi connectivity index (χ0) is 17.2. The molecule has 3 heterocycles. The lowest BCUT2D eigenvalue weighted by molar-refractivity contribution is -0.116. The molecule has 7 heteroatoms. The molecule has 0 aliphatic heterocycles. The molecule has 128 valence electrons. The number of amides is 1. The molecule has 1 aliphatic rings. The van der Waals surface area contributed by atoms with Crippen molar-refractivity contribution in [3.63, 3.8) is 0 Å². The normalized spacial score (nSPS) is 18.9. The summed E-state index contributed by atoms with van der Waals surface area (Å²) in [4.78, 5) is 20.2. The van der Waals surface area contributed by atoms with Crippen LogP contribution in [0.15, 0.2) is 47.5 Å². The summed E-state index contributed by atoms with van der Waals surface area (Å²) in [7, 11) is 0. The first-order valence-electron chi connectivity index (χ1n) is 8.38. The van der Waals surface area contributed by atoms with Gasteiger partial charge in [-0.15, -0.1) is 0 Å². The number of hydrogen-bond acceptors (Lipinski definition) is 5. The van der Waals surface area contributed by atoms with Gasteiger partial charge in [0.1, 0.15) is 24.2 Å². The molecule has 1 fully saturated rings. The van der Waals surface area contributed by atoms with Crippen molar-refractivity contribution in [2.45, 2.75) is 32.1 Å². The highest BCUT2D eigenvalue weighted by atomic mass is 16.3. The third kappa shape index (κ3) is 3.60. The molecule has 0 saturated heterocycles. The Morgan fingerprint density at radius 3 is 2.92 bits per heavy atom. The van der Waals surface area contributed by atoms with Gasteiger partial charge >= 0.3 is 0 Å². The Morgan fingerprint density at radius 2 is 2.24 bits per heavy atom. The number of furan rings is 1. The van der Waals surface area contributed by atoms with Crippen molar-refractivity contribution >= 4 is 11.6 Å². The van der Waals surface area contributed by atoms with Crippen LogP contribution >= 0.6 is 0 Å². The molecule has 1 N–H and O–H groups in total. The Hall–Kier alpha value is -2.96. The molecule has 0 aromatic carbocycles. The number of pyridine rings is 1. The monoisotopic (exact) mass is 337 g/mol. The molecule has 1 saturated carbocycles. The van der Waals surface area contributed by atoms with Crippen molar-refractivity contribution in [1.29, 1.82) is 0 Å². The lowest BCUT2D eigenvalue weighted by Crippen LogP contribution is -2.12. The van der Waals surface area contributed by atoms with Gasteiger partial charge < -0.3 is 9.73 Å². The van der Waals surface area contributed by atoms with Gasteiger partial charge in [-0.2, -0.15) is 5.10 Å². The maximum atomic E-state index is 12.1. The molecule has 4 rings (SSSR count). The summed E-state index contributed by atoms with van der Waals surface area (Å²) in [6, 6.07) is 7.58. The third-order valence-corrected chi connectivity index (χ3v) is 4.44. The van der Waals surface area contributed by atoms with Gasteiger partial charge in [0, 0.05) is 18.8 Å². The summed E-state index contributed by atoms with van der Waals surface area (Å²) >= 11 is 0. The van der Waals surface area contributed by atoms with E-state index in [0.717, 1.165) is 17.4 Å². The van der Waals surface area contributed by atoms with Gasteiger partial charge in [0.05, 0.1) is 11.9 Å². The fourth-order valence-electron chi connectivity index (χ4n) is 2.83. The van der Waals surface area contributed by atoms with Crippen LogP contribution in [0.2, 0.25) is 0 Å². The first kappa shape index (κ1) is 15.6. The van der Waals surface area contributed by atoms with E-state index in [2.05, 4.69) is 27.3 Å². The number of carbonyl (C=O) groups excluding carboxylic acids is 1. The zero-order valence-corrected chi connectivity index (χ0v) is 13.9. The second kappa shape index (κ2) is 6.51. The average Bonchev–Trinajstić information content (AvgIpc) is 3.06. The molecule has 1 aliphatic carbocycles. The van der Waals surface area contributed by atoms with Gasteiger partial charge in [-0.3, -0.25) is 4.79 Å². The van der Waals surface area contributed by atoms with Gasteiger partial charge in [-0.05, 0) is 36.6 Å². The summed E-state index contributed by atoms with van der Waals surface area (Å²) in [5.74, 6) is 3.79. The highest BCUT2D eigenvalue weighted by Gasteiger charge is 2.36. The van der Waals surface area contributed by atoms with E-state index in [4.69, 9.17) is 4.42 Å². The van der Waals surface area contributed by atoms with Crippen molar-refractivity contribution in [1.82, 2.24) is 19.7 Å². The molecule has 0 radical (unpaired) electrons. The number of nitrogens with zero attached hydrogens (tertiary/aromatic N) is 4. The Kier molecular flexibility index (Phi) is 4.05. The van der Waals surface area contributed by atoms with Gasteiger partial charge in [0.2, 0.25) is 5.91 Å². The molecular formula is C18H19N5O2. The lowest BCUT2D eigenvalue weighted by Gasteiger charge is -2.05. The van der Waals surface area contributed by atoms with Crippen molar-refractivity contribution in [3.8, 4) is 5.82 Å². The van der Waals surface area contributed by atoms with E-state index in [0.29, 0.717) is 30.3 Å². The largest absolute Gasteiger partial charge is 0.466 e. The molecule has 0 unspecified atom stereocenters. The maximum absolute atomic E-state index is 12.1. The maximum Gasteiger partial charge on any atom is 0.224 e. The number of anilines is 1. The molecule has 2 atom stereocenters.